The quantitative estimate of drug-likeness (QED) is 0.849. The number of nitrogens with zero attached hydrogens (tertiary/aromatic N) is 2. The van der Waals surface area contributed by atoms with E-state index in [9.17, 15) is 9.59 Å². The topological polar surface area (TPSA) is 40.6 Å². The summed E-state index contributed by atoms with van der Waals surface area (Å²) in [5.74, 6) is 0.395. The van der Waals surface area contributed by atoms with Crippen molar-refractivity contribution in [3.63, 3.8) is 0 Å². The molecule has 1 atom stereocenters. The molecule has 2 fully saturated rings. The number of carbonyl (C=O) groups is 2. The zero-order valence-corrected chi connectivity index (χ0v) is 14.1. The zero-order chi connectivity index (χ0) is 16.2. The van der Waals surface area contributed by atoms with Crippen LogP contribution in [-0.4, -0.2) is 47.8 Å². The Kier molecular flexibility index (Phi) is 5.21. The molecular formula is C18H23ClN2O2. The van der Waals surface area contributed by atoms with Crippen LogP contribution in [0.2, 0.25) is 5.02 Å². The molecule has 0 saturated carbocycles. The molecule has 2 amide bonds. The molecule has 2 saturated heterocycles. The molecule has 124 valence electrons. The zero-order valence-electron chi connectivity index (χ0n) is 13.3. The number of piperidine rings is 1. The second-order valence-electron chi connectivity index (χ2n) is 6.48. The molecule has 0 radical (unpaired) electrons. The third kappa shape index (κ3) is 4.05. The third-order valence-corrected chi connectivity index (χ3v) is 5.10. The van der Waals surface area contributed by atoms with Crippen molar-refractivity contribution in [1.82, 2.24) is 9.80 Å². The van der Waals surface area contributed by atoms with Gasteiger partial charge in [-0.05, 0) is 43.4 Å². The van der Waals surface area contributed by atoms with Crippen molar-refractivity contribution in [2.75, 3.05) is 26.2 Å². The maximum Gasteiger partial charge on any atom is 0.227 e. The van der Waals surface area contributed by atoms with E-state index < -0.39 is 0 Å². The molecule has 4 nitrogen and oxygen atoms in total. The van der Waals surface area contributed by atoms with Crippen LogP contribution in [0.1, 0.15) is 31.2 Å². The van der Waals surface area contributed by atoms with Gasteiger partial charge in [0.2, 0.25) is 11.8 Å². The predicted molar refractivity (Wildman–Crippen MR) is 90.3 cm³/mol. The first-order valence-corrected chi connectivity index (χ1v) is 8.82. The molecule has 0 aromatic heterocycles. The van der Waals surface area contributed by atoms with Gasteiger partial charge in [0.05, 0.1) is 5.92 Å². The fourth-order valence-electron chi connectivity index (χ4n) is 3.44. The minimum Gasteiger partial charge on any atom is -0.342 e. The molecule has 1 unspecified atom stereocenters. The van der Waals surface area contributed by atoms with Crippen LogP contribution in [0, 0.1) is 5.92 Å². The normalized spacial score (nSPS) is 21.8. The van der Waals surface area contributed by atoms with Gasteiger partial charge in [0.1, 0.15) is 0 Å². The van der Waals surface area contributed by atoms with Gasteiger partial charge in [0.25, 0.3) is 0 Å². The van der Waals surface area contributed by atoms with Gasteiger partial charge in [0.15, 0.2) is 0 Å². The summed E-state index contributed by atoms with van der Waals surface area (Å²) in [6, 6.07) is 7.72. The molecular weight excluding hydrogens is 312 g/mol. The second-order valence-corrected chi connectivity index (χ2v) is 6.92. The maximum absolute atomic E-state index is 12.5. The molecule has 23 heavy (non-hydrogen) atoms. The van der Waals surface area contributed by atoms with Crippen LogP contribution in [0.5, 0.6) is 0 Å². The first-order valence-electron chi connectivity index (χ1n) is 8.44. The van der Waals surface area contributed by atoms with Crippen molar-refractivity contribution in [2.24, 2.45) is 5.92 Å². The smallest absolute Gasteiger partial charge is 0.227 e. The molecule has 5 heteroatoms. The van der Waals surface area contributed by atoms with Gasteiger partial charge in [-0.1, -0.05) is 23.7 Å². The molecule has 1 aromatic carbocycles. The summed E-state index contributed by atoms with van der Waals surface area (Å²) in [6.45, 7) is 3.01. The number of amides is 2. The Morgan fingerprint density at radius 2 is 1.87 bits per heavy atom. The fourth-order valence-corrected chi connectivity index (χ4v) is 3.57. The van der Waals surface area contributed by atoms with Gasteiger partial charge in [-0.25, -0.2) is 0 Å². The Hall–Kier alpha value is -1.55. The van der Waals surface area contributed by atoms with Gasteiger partial charge < -0.3 is 9.80 Å². The van der Waals surface area contributed by atoms with E-state index in [1.807, 2.05) is 34.1 Å². The van der Waals surface area contributed by atoms with Crippen molar-refractivity contribution in [3.05, 3.63) is 34.9 Å². The van der Waals surface area contributed by atoms with Gasteiger partial charge in [-0.15, -0.1) is 0 Å². The van der Waals surface area contributed by atoms with Crippen molar-refractivity contribution >= 4 is 23.4 Å². The largest absolute Gasteiger partial charge is 0.342 e. The van der Waals surface area contributed by atoms with E-state index in [1.165, 1.54) is 0 Å². The number of rotatable bonds is 4. The number of hydrogen-bond acceptors (Lipinski definition) is 2. The summed E-state index contributed by atoms with van der Waals surface area (Å²) in [4.78, 5) is 28.5. The molecule has 2 aliphatic heterocycles. The van der Waals surface area contributed by atoms with E-state index in [0.29, 0.717) is 25.9 Å². The van der Waals surface area contributed by atoms with E-state index in [0.717, 1.165) is 42.9 Å². The summed E-state index contributed by atoms with van der Waals surface area (Å²) >= 11 is 5.89. The highest BCUT2D eigenvalue weighted by Crippen LogP contribution is 2.22. The van der Waals surface area contributed by atoms with Gasteiger partial charge in [0, 0.05) is 37.6 Å². The van der Waals surface area contributed by atoms with Crippen molar-refractivity contribution < 1.29 is 9.59 Å². The van der Waals surface area contributed by atoms with Crippen molar-refractivity contribution in [3.8, 4) is 0 Å². The van der Waals surface area contributed by atoms with E-state index in [4.69, 9.17) is 11.6 Å². The molecule has 0 aliphatic carbocycles. The molecule has 1 aromatic rings. The summed E-state index contributed by atoms with van der Waals surface area (Å²) in [5, 5.41) is 0.721. The number of hydrogen-bond donors (Lipinski definition) is 0. The highest BCUT2D eigenvalue weighted by atomic mass is 35.5. The van der Waals surface area contributed by atoms with Crippen LogP contribution in [0.4, 0.5) is 0 Å². The minimum absolute atomic E-state index is 0.0176. The summed E-state index contributed by atoms with van der Waals surface area (Å²) < 4.78 is 0. The Bertz CT molecular complexity index is 567. The molecule has 2 aliphatic rings. The van der Waals surface area contributed by atoms with Crippen molar-refractivity contribution in [1.29, 1.82) is 0 Å². The average Bonchev–Trinajstić information content (AvgIpc) is 3.09. The number of benzene rings is 1. The first-order chi connectivity index (χ1) is 11.1. The Balaban J connectivity index is 1.56. The van der Waals surface area contributed by atoms with Crippen LogP contribution in [-0.2, 0) is 16.0 Å². The second kappa shape index (κ2) is 7.35. The van der Waals surface area contributed by atoms with Crippen LogP contribution < -0.4 is 0 Å². The molecule has 0 bridgehead atoms. The van der Waals surface area contributed by atoms with E-state index in [1.54, 1.807) is 0 Å². The first kappa shape index (κ1) is 16.3. The van der Waals surface area contributed by atoms with Crippen LogP contribution in [0.3, 0.4) is 0 Å². The lowest BCUT2D eigenvalue weighted by Crippen LogP contribution is -2.47. The summed E-state index contributed by atoms with van der Waals surface area (Å²) in [7, 11) is 0. The molecule has 0 spiro atoms. The van der Waals surface area contributed by atoms with Crippen LogP contribution >= 0.6 is 11.6 Å². The third-order valence-electron chi connectivity index (χ3n) is 4.85. The standard InChI is InChI=1S/C18H23ClN2O2/c19-16-6-3-14(4-7-16)9-12-21-13-15(5-8-17(21)22)18(23)20-10-1-2-11-20/h3-4,6-7,15H,1-2,5,8-13H2. The average molecular weight is 335 g/mol. The van der Waals surface area contributed by atoms with E-state index in [2.05, 4.69) is 0 Å². The SMILES string of the molecule is O=C1CCC(C(=O)N2CCCC2)CN1CCc1ccc(Cl)cc1. The van der Waals surface area contributed by atoms with Crippen LogP contribution in [0.25, 0.3) is 0 Å². The lowest BCUT2D eigenvalue weighted by molar-refractivity contribution is -0.142. The molecule has 3 rings (SSSR count). The number of carbonyl (C=O) groups excluding carboxylic acids is 2. The fraction of sp³-hybridized carbons (Fsp3) is 0.556. The molecule has 2 heterocycles. The molecule has 0 N–H and O–H groups in total. The lowest BCUT2D eigenvalue weighted by Gasteiger charge is -2.33. The minimum atomic E-state index is -0.0176. The number of halogens is 1. The lowest BCUT2D eigenvalue weighted by atomic mass is 9.95. The summed E-state index contributed by atoms with van der Waals surface area (Å²) in [5.41, 5.74) is 1.16. The Labute approximate surface area is 142 Å². The highest BCUT2D eigenvalue weighted by Gasteiger charge is 2.33. The monoisotopic (exact) mass is 334 g/mol. The van der Waals surface area contributed by atoms with Gasteiger partial charge >= 0.3 is 0 Å². The Morgan fingerprint density at radius 3 is 2.57 bits per heavy atom. The maximum atomic E-state index is 12.5. The predicted octanol–water partition coefficient (Wildman–Crippen LogP) is 2.74. The summed E-state index contributed by atoms with van der Waals surface area (Å²) in [6.07, 6.45) is 4.21. The Morgan fingerprint density at radius 1 is 1.17 bits per heavy atom. The highest BCUT2D eigenvalue weighted by molar-refractivity contribution is 6.30. The van der Waals surface area contributed by atoms with Gasteiger partial charge in [-0.2, -0.15) is 0 Å². The van der Waals surface area contributed by atoms with Crippen LogP contribution in [0.15, 0.2) is 24.3 Å². The van der Waals surface area contributed by atoms with E-state index >= 15 is 0 Å². The van der Waals surface area contributed by atoms with Gasteiger partial charge in [-0.3, -0.25) is 9.59 Å². The van der Waals surface area contributed by atoms with E-state index in [-0.39, 0.29) is 17.7 Å². The number of likely N-dealkylation sites (tertiary alicyclic amines) is 2. The van der Waals surface area contributed by atoms with Crippen molar-refractivity contribution in [2.45, 2.75) is 32.1 Å².